The Morgan fingerprint density at radius 2 is 1.94 bits per heavy atom. The number of nitrogens with zero attached hydrogens (tertiary/aromatic N) is 1. The minimum atomic E-state index is 1.11. The van der Waals surface area contributed by atoms with Crippen molar-refractivity contribution in [2.45, 2.75) is 19.8 Å². The van der Waals surface area contributed by atoms with Gasteiger partial charge in [0.2, 0.25) is 0 Å². The molecule has 98 valence electrons. The molecule has 0 bridgehead atoms. The second-order valence-corrected chi connectivity index (χ2v) is 5.62. The number of hydrogen-bond donors (Lipinski definition) is 1. The van der Waals surface area contributed by atoms with E-state index < -0.39 is 0 Å². The van der Waals surface area contributed by atoms with Crippen LogP contribution in [0.5, 0.6) is 0 Å². The van der Waals surface area contributed by atoms with Gasteiger partial charge < -0.3 is 10.2 Å². The Labute approximate surface area is 114 Å². The Kier molecular flexibility index (Phi) is 5.00. The summed E-state index contributed by atoms with van der Waals surface area (Å²) in [6.45, 7) is 4.59. The van der Waals surface area contributed by atoms with Crippen LogP contribution in [0.25, 0.3) is 5.70 Å². The highest BCUT2D eigenvalue weighted by atomic mass is 32.2. The van der Waals surface area contributed by atoms with Crippen molar-refractivity contribution in [1.29, 1.82) is 0 Å². The topological polar surface area (TPSA) is 15.3 Å². The lowest BCUT2D eigenvalue weighted by Gasteiger charge is -2.18. The minimum Gasteiger partial charge on any atom is -0.387 e. The zero-order chi connectivity index (χ0) is 12.8. The van der Waals surface area contributed by atoms with Gasteiger partial charge in [-0.05, 0) is 41.7 Å². The van der Waals surface area contributed by atoms with E-state index in [1.807, 2.05) is 18.8 Å². The third-order valence-electron chi connectivity index (χ3n) is 3.29. The Hall–Kier alpha value is -1.09. The van der Waals surface area contributed by atoms with E-state index in [-0.39, 0.29) is 0 Å². The molecular weight excluding hydrogens is 240 g/mol. The van der Waals surface area contributed by atoms with Crippen LogP contribution in [0.3, 0.4) is 0 Å². The van der Waals surface area contributed by atoms with Gasteiger partial charge in [0.25, 0.3) is 0 Å². The maximum Gasteiger partial charge on any atom is 0.0475 e. The summed E-state index contributed by atoms with van der Waals surface area (Å²) in [6, 6.07) is 8.91. The predicted octanol–water partition coefficient (Wildman–Crippen LogP) is 3.56. The molecule has 3 heteroatoms. The molecule has 0 radical (unpaired) electrons. The molecule has 1 aromatic rings. The summed E-state index contributed by atoms with van der Waals surface area (Å²) < 4.78 is 0. The van der Waals surface area contributed by atoms with E-state index >= 15 is 0 Å². The average Bonchev–Trinajstić information content (AvgIpc) is 2.94. The van der Waals surface area contributed by atoms with Crippen LogP contribution in [0, 0.1) is 0 Å². The number of benzene rings is 1. The second-order valence-electron chi connectivity index (χ2n) is 4.48. The second kappa shape index (κ2) is 6.74. The van der Waals surface area contributed by atoms with Crippen LogP contribution >= 0.6 is 11.8 Å². The highest BCUT2D eigenvalue weighted by molar-refractivity contribution is 8.02. The summed E-state index contributed by atoms with van der Waals surface area (Å²) in [5.74, 6) is 1.11. The Morgan fingerprint density at radius 1 is 1.28 bits per heavy atom. The van der Waals surface area contributed by atoms with Gasteiger partial charge in [-0.25, -0.2) is 0 Å². The third-order valence-corrected chi connectivity index (χ3v) is 4.02. The molecule has 18 heavy (non-hydrogen) atoms. The van der Waals surface area contributed by atoms with Crippen LogP contribution in [-0.4, -0.2) is 25.9 Å². The molecule has 2 rings (SSSR count). The van der Waals surface area contributed by atoms with E-state index in [1.54, 1.807) is 0 Å². The Balaban J connectivity index is 2.10. The molecule has 1 aliphatic heterocycles. The summed E-state index contributed by atoms with van der Waals surface area (Å²) in [6.07, 6.45) is 2.66. The molecule has 0 spiro atoms. The SMILES string of the molecule is CCS/C=C(\NC)c1ccc(N2CCCC2)cc1. The maximum atomic E-state index is 3.27. The number of anilines is 1. The molecule has 0 saturated carbocycles. The molecule has 1 aromatic carbocycles. The highest BCUT2D eigenvalue weighted by Gasteiger charge is 2.11. The van der Waals surface area contributed by atoms with Gasteiger partial charge in [-0.15, -0.1) is 11.8 Å². The molecule has 1 saturated heterocycles. The number of rotatable bonds is 5. The van der Waals surface area contributed by atoms with Crippen molar-refractivity contribution in [3.8, 4) is 0 Å². The zero-order valence-corrected chi connectivity index (χ0v) is 12.1. The molecule has 0 aliphatic carbocycles. The Morgan fingerprint density at radius 3 is 2.50 bits per heavy atom. The molecule has 2 nitrogen and oxygen atoms in total. The van der Waals surface area contributed by atoms with Crippen molar-refractivity contribution in [3.05, 3.63) is 35.2 Å². The van der Waals surface area contributed by atoms with Crippen LogP contribution in [0.4, 0.5) is 5.69 Å². The molecule has 1 N–H and O–H groups in total. The summed E-state index contributed by atoms with van der Waals surface area (Å²) in [4.78, 5) is 2.47. The normalized spacial score (nSPS) is 16.1. The van der Waals surface area contributed by atoms with Gasteiger partial charge in [-0.2, -0.15) is 0 Å². The summed E-state index contributed by atoms with van der Waals surface area (Å²) >= 11 is 1.83. The molecule has 0 unspecified atom stereocenters. The minimum absolute atomic E-state index is 1.11. The van der Waals surface area contributed by atoms with Crippen molar-refractivity contribution in [2.24, 2.45) is 0 Å². The lowest BCUT2D eigenvalue weighted by Crippen LogP contribution is -2.17. The van der Waals surface area contributed by atoms with Gasteiger partial charge in [-0.3, -0.25) is 0 Å². The van der Waals surface area contributed by atoms with Gasteiger partial charge in [0.15, 0.2) is 0 Å². The molecular formula is C15H22N2S. The average molecular weight is 262 g/mol. The largest absolute Gasteiger partial charge is 0.387 e. The first-order valence-corrected chi connectivity index (χ1v) is 7.75. The number of nitrogens with one attached hydrogen (secondary N) is 1. The smallest absolute Gasteiger partial charge is 0.0475 e. The molecule has 0 aromatic heterocycles. The van der Waals surface area contributed by atoms with E-state index in [1.165, 1.54) is 42.9 Å². The predicted molar refractivity (Wildman–Crippen MR) is 83.1 cm³/mol. The van der Waals surface area contributed by atoms with E-state index in [9.17, 15) is 0 Å². The highest BCUT2D eigenvalue weighted by Crippen LogP contribution is 2.23. The first-order valence-electron chi connectivity index (χ1n) is 6.70. The van der Waals surface area contributed by atoms with Crippen molar-refractivity contribution >= 4 is 23.1 Å². The Bertz CT molecular complexity index is 391. The molecule has 1 heterocycles. The van der Waals surface area contributed by atoms with Crippen molar-refractivity contribution < 1.29 is 0 Å². The summed E-state index contributed by atoms with van der Waals surface area (Å²) in [5.41, 5.74) is 3.83. The maximum absolute atomic E-state index is 3.27. The summed E-state index contributed by atoms with van der Waals surface area (Å²) in [5, 5.41) is 5.47. The third kappa shape index (κ3) is 3.22. The van der Waals surface area contributed by atoms with Crippen LogP contribution in [0.1, 0.15) is 25.3 Å². The summed E-state index contributed by atoms with van der Waals surface area (Å²) in [7, 11) is 1.98. The fraction of sp³-hybridized carbons (Fsp3) is 0.467. The van der Waals surface area contributed by atoms with Crippen molar-refractivity contribution in [3.63, 3.8) is 0 Å². The van der Waals surface area contributed by atoms with E-state index in [2.05, 4.69) is 46.8 Å². The first kappa shape index (κ1) is 13.3. The number of thioether (sulfide) groups is 1. The van der Waals surface area contributed by atoms with Crippen molar-refractivity contribution in [1.82, 2.24) is 5.32 Å². The first-order chi connectivity index (χ1) is 8.85. The fourth-order valence-electron chi connectivity index (χ4n) is 2.27. The van der Waals surface area contributed by atoms with Gasteiger partial charge in [0.1, 0.15) is 0 Å². The lowest BCUT2D eigenvalue weighted by molar-refractivity contribution is 0.949. The van der Waals surface area contributed by atoms with Gasteiger partial charge in [-0.1, -0.05) is 19.1 Å². The van der Waals surface area contributed by atoms with E-state index in [4.69, 9.17) is 0 Å². The molecule has 0 amide bonds. The fourth-order valence-corrected chi connectivity index (χ4v) is 2.85. The zero-order valence-electron chi connectivity index (χ0n) is 11.3. The van der Waals surface area contributed by atoms with Gasteiger partial charge in [0, 0.05) is 31.5 Å². The van der Waals surface area contributed by atoms with Crippen molar-refractivity contribution in [2.75, 3.05) is 30.8 Å². The van der Waals surface area contributed by atoms with Crippen LogP contribution in [-0.2, 0) is 0 Å². The van der Waals surface area contributed by atoms with Crippen LogP contribution in [0.2, 0.25) is 0 Å². The van der Waals surface area contributed by atoms with E-state index in [0.29, 0.717) is 0 Å². The van der Waals surface area contributed by atoms with Gasteiger partial charge in [0.05, 0.1) is 0 Å². The van der Waals surface area contributed by atoms with Gasteiger partial charge >= 0.3 is 0 Å². The standard InChI is InChI=1S/C15H22N2S/c1-3-18-12-15(16-2)13-6-8-14(9-7-13)17-10-4-5-11-17/h6-9,12,16H,3-5,10-11H2,1-2H3/b15-12-. The van der Waals surface area contributed by atoms with E-state index in [0.717, 1.165) is 5.75 Å². The molecule has 1 fully saturated rings. The monoisotopic (exact) mass is 262 g/mol. The number of hydrogen-bond acceptors (Lipinski definition) is 3. The lowest BCUT2D eigenvalue weighted by atomic mass is 10.1. The van der Waals surface area contributed by atoms with Crippen LogP contribution in [0.15, 0.2) is 29.7 Å². The molecule has 0 atom stereocenters. The molecule has 1 aliphatic rings. The van der Waals surface area contributed by atoms with Crippen LogP contribution < -0.4 is 10.2 Å². The quantitative estimate of drug-likeness (QED) is 0.873.